The molecule has 0 amide bonds. The third-order valence-corrected chi connectivity index (χ3v) is 9.89. The SMILES string of the molecule is C=NC(C)=Nc1ccccc1C.CC.CC.CCC(CC(O)c1ccc(C)cc1)SCc1ccc(Cl)cc1.CCC1CCC(C)CC1.CN(C)C. The van der Waals surface area contributed by atoms with Crippen molar-refractivity contribution in [1.29, 1.82) is 0 Å². The zero-order valence-corrected chi connectivity index (χ0v) is 36.2. The zero-order chi connectivity index (χ0) is 39.2. The Morgan fingerprint density at radius 3 is 1.88 bits per heavy atom. The van der Waals surface area contributed by atoms with Crippen molar-refractivity contribution in [1.82, 2.24) is 4.90 Å². The summed E-state index contributed by atoms with van der Waals surface area (Å²) in [7, 11) is 6.00. The number of benzene rings is 3. The monoisotopic (exact) mass is 740 g/mol. The molecule has 0 spiro atoms. The van der Waals surface area contributed by atoms with Crippen LogP contribution in [-0.2, 0) is 5.75 Å². The van der Waals surface area contributed by atoms with Gasteiger partial charge in [-0.05, 0) is 108 Å². The first-order valence-corrected chi connectivity index (χ1v) is 20.6. The van der Waals surface area contributed by atoms with Crippen LogP contribution in [0.5, 0.6) is 0 Å². The Bertz CT molecular complexity index is 1270. The highest BCUT2D eigenvalue weighted by Gasteiger charge is 2.16. The highest BCUT2D eigenvalue weighted by atomic mass is 35.5. The van der Waals surface area contributed by atoms with E-state index in [1.165, 1.54) is 43.2 Å². The Balaban J connectivity index is 0. The van der Waals surface area contributed by atoms with Crippen LogP contribution < -0.4 is 0 Å². The Kier molecular flexibility index (Phi) is 32.0. The summed E-state index contributed by atoms with van der Waals surface area (Å²) in [5, 5.41) is 11.6. The van der Waals surface area contributed by atoms with Gasteiger partial charge in [-0.3, -0.25) is 0 Å². The Labute approximate surface area is 324 Å². The van der Waals surface area contributed by atoms with E-state index >= 15 is 0 Å². The largest absolute Gasteiger partial charge is 0.388 e. The lowest BCUT2D eigenvalue weighted by atomic mass is 9.82. The van der Waals surface area contributed by atoms with Crippen LogP contribution >= 0.6 is 23.4 Å². The third-order valence-electron chi connectivity index (χ3n) is 8.14. The summed E-state index contributed by atoms with van der Waals surface area (Å²) in [4.78, 5) is 9.99. The van der Waals surface area contributed by atoms with Gasteiger partial charge in [0.25, 0.3) is 0 Å². The number of thioether (sulfide) groups is 1. The first-order chi connectivity index (χ1) is 24.4. The van der Waals surface area contributed by atoms with Crippen molar-refractivity contribution in [3.8, 4) is 0 Å². The van der Waals surface area contributed by atoms with E-state index in [4.69, 9.17) is 11.6 Å². The van der Waals surface area contributed by atoms with Gasteiger partial charge in [0.05, 0.1) is 11.8 Å². The summed E-state index contributed by atoms with van der Waals surface area (Å²) in [5.74, 6) is 3.74. The zero-order valence-electron chi connectivity index (χ0n) is 34.7. The fraction of sp³-hybridized carbons (Fsp3) is 0.556. The minimum Gasteiger partial charge on any atom is -0.388 e. The molecule has 0 bridgehead atoms. The summed E-state index contributed by atoms with van der Waals surface area (Å²) in [6.45, 7) is 24.2. The molecule has 0 aromatic heterocycles. The molecule has 1 aliphatic rings. The van der Waals surface area contributed by atoms with Crippen LogP contribution in [0.25, 0.3) is 0 Å². The molecule has 2 atom stereocenters. The van der Waals surface area contributed by atoms with Crippen LogP contribution in [0.3, 0.4) is 0 Å². The molecular weight excluding hydrogens is 666 g/mol. The van der Waals surface area contributed by atoms with Gasteiger partial charge in [0.15, 0.2) is 0 Å². The van der Waals surface area contributed by atoms with E-state index in [1.54, 1.807) is 0 Å². The second-order valence-electron chi connectivity index (χ2n) is 13.1. The molecule has 0 aliphatic heterocycles. The number of aliphatic imine (C=N–C) groups is 2. The van der Waals surface area contributed by atoms with E-state index in [0.29, 0.717) is 11.1 Å². The third kappa shape index (κ3) is 26.1. The average molecular weight is 741 g/mol. The van der Waals surface area contributed by atoms with Crippen LogP contribution in [0.1, 0.15) is 129 Å². The van der Waals surface area contributed by atoms with Crippen molar-refractivity contribution >= 4 is 41.6 Å². The number of halogens is 1. The molecule has 3 aromatic rings. The predicted molar refractivity (Wildman–Crippen MR) is 235 cm³/mol. The van der Waals surface area contributed by atoms with Crippen LogP contribution in [0.4, 0.5) is 5.69 Å². The number of amidine groups is 1. The molecule has 1 N–H and O–H groups in total. The van der Waals surface area contributed by atoms with Gasteiger partial charge in [-0.1, -0.05) is 152 Å². The molecule has 3 aromatic carbocycles. The minimum atomic E-state index is -0.386. The van der Waals surface area contributed by atoms with Crippen LogP contribution in [0, 0.1) is 25.7 Å². The van der Waals surface area contributed by atoms with Crippen molar-refractivity contribution in [2.45, 2.75) is 131 Å². The molecule has 0 radical (unpaired) electrons. The maximum atomic E-state index is 10.4. The second-order valence-corrected chi connectivity index (χ2v) is 14.8. The average Bonchev–Trinajstić information content (AvgIpc) is 3.14. The summed E-state index contributed by atoms with van der Waals surface area (Å²) in [5.41, 5.74) is 5.62. The maximum Gasteiger partial charge on any atom is 0.125 e. The van der Waals surface area contributed by atoms with E-state index in [2.05, 4.69) is 68.7 Å². The molecule has 1 fully saturated rings. The van der Waals surface area contributed by atoms with Crippen molar-refractivity contribution in [3.05, 3.63) is 100 Å². The lowest BCUT2D eigenvalue weighted by Crippen LogP contribution is -2.10. The number of rotatable bonds is 9. The van der Waals surface area contributed by atoms with Crippen molar-refractivity contribution in [3.63, 3.8) is 0 Å². The van der Waals surface area contributed by atoms with Gasteiger partial charge in [-0.25, -0.2) is 9.98 Å². The highest BCUT2D eigenvalue weighted by Crippen LogP contribution is 2.30. The number of aliphatic hydroxyl groups excluding tert-OH is 1. The van der Waals surface area contributed by atoms with Gasteiger partial charge in [0, 0.05) is 16.0 Å². The number of aliphatic hydroxyl groups is 1. The Morgan fingerprint density at radius 2 is 1.41 bits per heavy atom. The van der Waals surface area contributed by atoms with E-state index in [-0.39, 0.29) is 6.10 Å². The fourth-order valence-corrected chi connectivity index (χ4v) is 6.26. The molecule has 4 nitrogen and oxygen atoms in total. The van der Waals surface area contributed by atoms with Gasteiger partial charge < -0.3 is 10.0 Å². The lowest BCUT2D eigenvalue weighted by Gasteiger charge is -2.24. The molecular formula is C45H74ClN3OS. The minimum absolute atomic E-state index is 0.386. The normalized spacial score (nSPS) is 16.0. The van der Waals surface area contributed by atoms with E-state index in [1.807, 2.05) is 128 Å². The van der Waals surface area contributed by atoms with Crippen molar-refractivity contribution in [2.24, 2.45) is 21.8 Å². The molecule has 0 saturated heterocycles. The first kappa shape index (κ1) is 50.7. The standard InChI is InChI=1S/C19H23ClOS.C10H12N2.C9H18.C3H9N.2C2H6/c1-3-18(22-13-15-6-10-17(20)11-7-15)12-19(21)16-8-4-14(2)5-9-16;1-8-6-4-5-7-10(8)12-9(2)11-3;1-3-9-6-4-8(2)5-7-9;1-4(2)3;2*1-2/h4-11,18-19,21H,3,12-13H2,1-2H3;4-7H,3H2,1-2H3;8-9H,3-7H2,1-2H3;1-3H3;2*1-2H3. The smallest absolute Gasteiger partial charge is 0.125 e. The lowest BCUT2D eigenvalue weighted by molar-refractivity contribution is 0.166. The molecule has 4 rings (SSSR count). The highest BCUT2D eigenvalue weighted by molar-refractivity contribution is 7.99. The van der Waals surface area contributed by atoms with Crippen LogP contribution in [-0.4, -0.2) is 49.0 Å². The molecule has 1 saturated carbocycles. The Hall–Kier alpha value is -2.44. The summed E-state index contributed by atoms with van der Waals surface area (Å²) < 4.78 is 0. The molecule has 0 heterocycles. The number of hydrogen-bond donors (Lipinski definition) is 1. The van der Waals surface area contributed by atoms with Crippen LogP contribution in [0.2, 0.25) is 5.02 Å². The van der Waals surface area contributed by atoms with Gasteiger partial charge in [-0.15, -0.1) is 0 Å². The van der Waals surface area contributed by atoms with E-state index < -0.39 is 0 Å². The molecule has 51 heavy (non-hydrogen) atoms. The summed E-state index contributed by atoms with van der Waals surface area (Å²) >= 11 is 7.81. The second kappa shape index (κ2) is 32.2. The molecule has 2 unspecified atom stereocenters. The topological polar surface area (TPSA) is 48.2 Å². The fourth-order valence-electron chi connectivity index (χ4n) is 4.96. The van der Waals surface area contributed by atoms with E-state index in [9.17, 15) is 5.11 Å². The number of nitrogens with zero attached hydrogens (tertiary/aromatic N) is 3. The predicted octanol–water partition coefficient (Wildman–Crippen LogP) is 14.0. The quantitative estimate of drug-likeness (QED) is 0.176. The number of para-hydroxylation sites is 1. The number of hydrogen-bond acceptors (Lipinski definition) is 4. The van der Waals surface area contributed by atoms with Crippen LogP contribution in [0.15, 0.2) is 82.8 Å². The van der Waals surface area contributed by atoms with Gasteiger partial charge in [0.1, 0.15) is 5.84 Å². The Morgan fingerprint density at radius 1 is 0.882 bits per heavy atom. The molecule has 6 heteroatoms. The van der Waals surface area contributed by atoms with Gasteiger partial charge in [-0.2, -0.15) is 11.8 Å². The first-order valence-electron chi connectivity index (χ1n) is 19.2. The maximum absolute atomic E-state index is 10.4. The molecule has 288 valence electrons. The summed E-state index contributed by atoms with van der Waals surface area (Å²) in [6.07, 6.45) is 8.83. The van der Waals surface area contributed by atoms with Gasteiger partial charge in [0.2, 0.25) is 0 Å². The van der Waals surface area contributed by atoms with E-state index in [0.717, 1.165) is 52.3 Å². The molecule has 1 aliphatic carbocycles. The summed E-state index contributed by atoms with van der Waals surface area (Å²) in [6, 6.07) is 24.1. The number of aryl methyl sites for hydroxylation is 2. The van der Waals surface area contributed by atoms with Gasteiger partial charge >= 0.3 is 0 Å². The van der Waals surface area contributed by atoms with Crippen molar-refractivity contribution < 1.29 is 5.11 Å². The van der Waals surface area contributed by atoms with Crippen molar-refractivity contribution in [2.75, 3.05) is 21.1 Å².